The quantitative estimate of drug-likeness (QED) is 0.706. The minimum Gasteiger partial charge on any atom is -0.343 e. The predicted molar refractivity (Wildman–Crippen MR) is 67.2 cm³/mol. The molecule has 0 aliphatic carbocycles. The van der Waals surface area contributed by atoms with Crippen molar-refractivity contribution >= 4 is 5.91 Å². The fourth-order valence-electron chi connectivity index (χ4n) is 2.19. The van der Waals surface area contributed by atoms with Gasteiger partial charge in [0.05, 0.1) is 0 Å². The van der Waals surface area contributed by atoms with E-state index in [2.05, 4.69) is 6.92 Å². The van der Waals surface area contributed by atoms with E-state index in [-0.39, 0.29) is 0 Å². The molecule has 0 radical (unpaired) electrons. The predicted octanol–water partition coefficient (Wildman–Crippen LogP) is 2.30. The van der Waals surface area contributed by atoms with Crippen LogP contribution in [0.15, 0.2) is 0 Å². The van der Waals surface area contributed by atoms with E-state index in [4.69, 9.17) is 5.73 Å². The number of carbonyl (C=O) groups is 1. The summed E-state index contributed by atoms with van der Waals surface area (Å²) in [5.41, 5.74) is 5.81. The van der Waals surface area contributed by atoms with Crippen molar-refractivity contribution in [1.82, 2.24) is 4.90 Å². The van der Waals surface area contributed by atoms with Crippen LogP contribution < -0.4 is 5.73 Å². The molecule has 1 amide bonds. The summed E-state index contributed by atoms with van der Waals surface area (Å²) in [6.45, 7) is 3.95. The first-order valence-electron chi connectivity index (χ1n) is 6.77. The van der Waals surface area contributed by atoms with Crippen LogP contribution in [-0.2, 0) is 4.79 Å². The van der Waals surface area contributed by atoms with Gasteiger partial charge in [0.1, 0.15) is 0 Å². The molecule has 0 saturated carbocycles. The van der Waals surface area contributed by atoms with Crippen LogP contribution in [0.25, 0.3) is 0 Å². The van der Waals surface area contributed by atoms with Gasteiger partial charge in [0, 0.05) is 25.6 Å². The Kier molecular flexibility index (Phi) is 6.46. The van der Waals surface area contributed by atoms with E-state index in [1.165, 1.54) is 25.7 Å². The molecule has 1 aliphatic rings. The molecule has 2 N–H and O–H groups in total. The van der Waals surface area contributed by atoms with Crippen molar-refractivity contribution in [2.24, 2.45) is 5.73 Å². The molecule has 1 saturated heterocycles. The zero-order valence-corrected chi connectivity index (χ0v) is 10.6. The Morgan fingerprint density at radius 1 is 1.19 bits per heavy atom. The molecule has 1 rings (SSSR count). The molecule has 1 fully saturated rings. The summed E-state index contributed by atoms with van der Waals surface area (Å²) < 4.78 is 0. The van der Waals surface area contributed by atoms with Gasteiger partial charge in [-0.1, -0.05) is 32.6 Å². The lowest BCUT2D eigenvalue weighted by Crippen LogP contribution is -2.42. The van der Waals surface area contributed by atoms with Gasteiger partial charge in [-0.2, -0.15) is 0 Å². The molecule has 1 heterocycles. The highest BCUT2D eigenvalue weighted by Crippen LogP contribution is 2.12. The van der Waals surface area contributed by atoms with Gasteiger partial charge in [-0.25, -0.2) is 0 Å². The summed E-state index contributed by atoms with van der Waals surface area (Å²) in [5, 5.41) is 0. The van der Waals surface area contributed by atoms with E-state index in [0.717, 1.165) is 38.8 Å². The van der Waals surface area contributed by atoms with Gasteiger partial charge in [-0.05, 0) is 19.3 Å². The number of unbranched alkanes of at least 4 members (excludes halogenated alkanes) is 4. The fourth-order valence-corrected chi connectivity index (χ4v) is 2.19. The van der Waals surface area contributed by atoms with Gasteiger partial charge in [-0.3, -0.25) is 4.79 Å². The molecule has 0 bridgehead atoms. The SMILES string of the molecule is CCCCCCCC(=O)N1CCC(N)CC1. The lowest BCUT2D eigenvalue weighted by atomic mass is 10.0. The van der Waals surface area contributed by atoms with Crippen LogP contribution in [0.4, 0.5) is 0 Å². The second-order valence-corrected chi connectivity index (χ2v) is 4.88. The molecule has 0 atom stereocenters. The molecule has 0 unspecified atom stereocenters. The molecule has 0 aromatic rings. The number of nitrogens with zero attached hydrogens (tertiary/aromatic N) is 1. The standard InChI is InChI=1S/C13H26N2O/c1-2-3-4-5-6-7-13(16)15-10-8-12(14)9-11-15/h12H,2-11,14H2,1H3. The summed E-state index contributed by atoms with van der Waals surface area (Å²) in [4.78, 5) is 13.8. The van der Waals surface area contributed by atoms with Gasteiger partial charge >= 0.3 is 0 Å². The molecule has 0 aromatic carbocycles. The van der Waals surface area contributed by atoms with E-state index in [1.807, 2.05) is 4.90 Å². The maximum Gasteiger partial charge on any atom is 0.222 e. The Morgan fingerprint density at radius 2 is 1.81 bits per heavy atom. The highest BCUT2D eigenvalue weighted by atomic mass is 16.2. The van der Waals surface area contributed by atoms with Crippen LogP contribution in [-0.4, -0.2) is 29.9 Å². The monoisotopic (exact) mass is 226 g/mol. The Bertz CT molecular complexity index is 198. The summed E-state index contributed by atoms with van der Waals surface area (Å²) in [5.74, 6) is 0.336. The van der Waals surface area contributed by atoms with Crippen molar-refractivity contribution < 1.29 is 4.79 Å². The molecule has 3 nitrogen and oxygen atoms in total. The zero-order valence-electron chi connectivity index (χ0n) is 10.6. The van der Waals surface area contributed by atoms with Crippen LogP contribution >= 0.6 is 0 Å². The molecule has 1 aliphatic heterocycles. The smallest absolute Gasteiger partial charge is 0.222 e. The number of likely N-dealkylation sites (tertiary alicyclic amines) is 1. The Labute approximate surface area is 99.4 Å². The van der Waals surface area contributed by atoms with Crippen molar-refractivity contribution in [3.05, 3.63) is 0 Å². The first kappa shape index (κ1) is 13.5. The van der Waals surface area contributed by atoms with Crippen LogP contribution in [0, 0.1) is 0 Å². The van der Waals surface area contributed by atoms with Crippen molar-refractivity contribution in [3.8, 4) is 0 Å². The third kappa shape index (κ3) is 4.97. The van der Waals surface area contributed by atoms with E-state index in [0.29, 0.717) is 11.9 Å². The van der Waals surface area contributed by atoms with Crippen molar-refractivity contribution in [2.45, 2.75) is 64.3 Å². The third-order valence-electron chi connectivity index (χ3n) is 3.39. The topological polar surface area (TPSA) is 46.3 Å². The number of hydrogen-bond donors (Lipinski definition) is 1. The number of piperidine rings is 1. The first-order chi connectivity index (χ1) is 7.74. The molecule has 3 heteroatoms. The molecule has 0 aromatic heterocycles. The van der Waals surface area contributed by atoms with E-state index >= 15 is 0 Å². The van der Waals surface area contributed by atoms with Crippen molar-refractivity contribution in [1.29, 1.82) is 0 Å². The largest absolute Gasteiger partial charge is 0.343 e. The van der Waals surface area contributed by atoms with Gasteiger partial charge in [0.2, 0.25) is 5.91 Å². The summed E-state index contributed by atoms with van der Waals surface area (Å²) in [7, 11) is 0. The van der Waals surface area contributed by atoms with Gasteiger partial charge in [0.15, 0.2) is 0 Å². The molecular formula is C13H26N2O. The number of hydrogen-bond acceptors (Lipinski definition) is 2. The molecular weight excluding hydrogens is 200 g/mol. The normalized spacial score (nSPS) is 17.8. The van der Waals surface area contributed by atoms with E-state index in [9.17, 15) is 4.79 Å². The first-order valence-corrected chi connectivity index (χ1v) is 6.77. The summed E-state index contributed by atoms with van der Waals surface area (Å²) in [6.07, 6.45) is 8.77. The van der Waals surface area contributed by atoms with Crippen LogP contribution in [0.5, 0.6) is 0 Å². The highest BCUT2D eigenvalue weighted by molar-refractivity contribution is 5.76. The molecule has 94 valence electrons. The maximum atomic E-state index is 11.8. The van der Waals surface area contributed by atoms with E-state index < -0.39 is 0 Å². The third-order valence-corrected chi connectivity index (χ3v) is 3.39. The highest BCUT2D eigenvalue weighted by Gasteiger charge is 2.19. The number of carbonyl (C=O) groups excluding carboxylic acids is 1. The van der Waals surface area contributed by atoms with Crippen LogP contribution in [0.2, 0.25) is 0 Å². The lowest BCUT2D eigenvalue weighted by molar-refractivity contribution is -0.132. The lowest BCUT2D eigenvalue weighted by Gasteiger charge is -2.30. The summed E-state index contributed by atoms with van der Waals surface area (Å²) >= 11 is 0. The Hall–Kier alpha value is -0.570. The second kappa shape index (κ2) is 7.66. The summed E-state index contributed by atoms with van der Waals surface area (Å²) in [6, 6.07) is 0.314. The van der Waals surface area contributed by atoms with Gasteiger partial charge in [0.25, 0.3) is 0 Å². The minimum absolute atomic E-state index is 0.314. The number of amides is 1. The fraction of sp³-hybridized carbons (Fsp3) is 0.923. The van der Waals surface area contributed by atoms with Gasteiger partial charge in [-0.15, -0.1) is 0 Å². The second-order valence-electron chi connectivity index (χ2n) is 4.88. The van der Waals surface area contributed by atoms with Crippen molar-refractivity contribution in [2.75, 3.05) is 13.1 Å². The minimum atomic E-state index is 0.314. The zero-order chi connectivity index (χ0) is 11.8. The average molecular weight is 226 g/mol. The molecule has 16 heavy (non-hydrogen) atoms. The van der Waals surface area contributed by atoms with Crippen LogP contribution in [0.1, 0.15) is 58.3 Å². The maximum absolute atomic E-state index is 11.8. The number of rotatable bonds is 6. The van der Waals surface area contributed by atoms with Crippen molar-refractivity contribution in [3.63, 3.8) is 0 Å². The Balaban J connectivity index is 2.06. The average Bonchev–Trinajstić information content (AvgIpc) is 2.29. The molecule has 0 spiro atoms. The van der Waals surface area contributed by atoms with Gasteiger partial charge < -0.3 is 10.6 Å². The number of nitrogens with two attached hydrogens (primary N) is 1. The van der Waals surface area contributed by atoms with Crippen LogP contribution in [0.3, 0.4) is 0 Å². The van der Waals surface area contributed by atoms with E-state index in [1.54, 1.807) is 0 Å². The Morgan fingerprint density at radius 3 is 2.44 bits per heavy atom.